The first-order valence-electron chi connectivity index (χ1n) is 3.31. The van der Waals surface area contributed by atoms with Crippen molar-refractivity contribution in [3.8, 4) is 11.5 Å². The zero-order chi connectivity index (χ0) is 9.64. The Labute approximate surface area is 74.4 Å². The van der Waals surface area contributed by atoms with Crippen LogP contribution in [0, 0.1) is 0 Å². The first-order valence-corrected chi connectivity index (χ1v) is 4.65. The molecule has 0 amide bonds. The van der Waals surface area contributed by atoms with E-state index in [1.165, 1.54) is 12.1 Å². The van der Waals surface area contributed by atoms with Crippen molar-refractivity contribution in [3.05, 3.63) is 12.1 Å². The fourth-order valence-corrected chi connectivity index (χ4v) is 1.74. The molecule has 1 aliphatic heterocycles. The summed E-state index contributed by atoms with van der Waals surface area (Å²) < 4.78 is 30.5. The molecular weight excluding hydrogens is 196 g/mol. The van der Waals surface area contributed by atoms with E-state index in [1.807, 2.05) is 0 Å². The number of benzene rings is 1. The topological polar surface area (TPSA) is 105 Å². The summed E-state index contributed by atoms with van der Waals surface area (Å²) >= 11 is 0. The summed E-state index contributed by atoms with van der Waals surface area (Å²) in [5.74, 6) is 0.0201. The van der Waals surface area contributed by atoms with E-state index in [4.69, 9.17) is 11.5 Å². The van der Waals surface area contributed by atoms with E-state index < -0.39 is 10.4 Å². The lowest BCUT2D eigenvalue weighted by atomic mass is 10.2. The molecule has 0 saturated carbocycles. The van der Waals surface area contributed by atoms with Gasteiger partial charge < -0.3 is 19.8 Å². The Bertz CT molecular complexity index is 468. The second-order valence-electron chi connectivity index (χ2n) is 2.47. The minimum Gasteiger partial charge on any atom is -0.397 e. The summed E-state index contributed by atoms with van der Waals surface area (Å²) in [7, 11) is -3.98. The minimum absolute atomic E-state index is 0.0417. The van der Waals surface area contributed by atoms with Crippen LogP contribution in [0.4, 0.5) is 11.4 Å². The summed E-state index contributed by atoms with van der Waals surface area (Å²) in [5.41, 5.74) is 11.2. The van der Waals surface area contributed by atoms with Gasteiger partial charge in [-0.25, -0.2) is 0 Å². The highest BCUT2D eigenvalue weighted by Gasteiger charge is 2.30. The Hall–Kier alpha value is -1.63. The Morgan fingerprint density at radius 1 is 1.15 bits per heavy atom. The third-order valence-electron chi connectivity index (χ3n) is 1.57. The summed E-state index contributed by atoms with van der Waals surface area (Å²) in [5, 5.41) is 0. The summed E-state index contributed by atoms with van der Waals surface area (Å²) in [6.45, 7) is 0. The van der Waals surface area contributed by atoms with Gasteiger partial charge in [0.15, 0.2) is 5.75 Å². The monoisotopic (exact) mass is 202 g/mol. The molecule has 1 heterocycles. The van der Waals surface area contributed by atoms with Crippen molar-refractivity contribution in [1.82, 2.24) is 0 Å². The third-order valence-corrected chi connectivity index (χ3v) is 2.33. The van der Waals surface area contributed by atoms with Gasteiger partial charge in [0.1, 0.15) is 5.69 Å². The lowest BCUT2D eigenvalue weighted by Crippen LogP contribution is -2.08. The van der Waals surface area contributed by atoms with E-state index in [2.05, 4.69) is 8.37 Å². The van der Waals surface area contributed by atoms with Gasteiger partial charge in [0.25, 0.3) is 0 Å². The highest BCUT2D eigenvalue weighted by Crippen LogP contribution is 2.43. The van der Waals surface area contributed by atoms with Gasteiger partial charge in [-0.2, -0.15) is 0 Å². The molecule has 1 aromatic rings. The molecule has 70 valence electrons. The van der Waals surface area contributed by atoms with Crippen molar-refractivity contribution in [3.63, 3.8) is 0 Å². The van der Waals surface area contributed by atoms with Gasteiger partial charge in [0.05, 0.1) is 5.69 Å². The molecule has 13 heavy (non-hydrogen) atoms. The molecule has 0 saturated heterocycles. The summed E-state index contributed by atoms with van der Waals surface area (Å²) in [4.78, 5) is 0. The Kier molecular flexibility index (Phi) is 1.35. The van der Waals surface area contributed by atoms with Gasteiger partial charge in [0.2, 0.25) is 5.75 Å². The normalized spacial score (nSPS) is 17.2. The standard InChI is InChI=1S/C6H6N2O4S/c7-3-1-2-4-6(5(3)8)12-13(9,10)11-4/h1-2H,7-8H2. The zero-order valence-electron chi connectivity index (χ0n) is 6.35. The van der Waals surface area contributed by atoms with Crippen molar-refractivity contribution < 1.29 is 16.8 Å². The summed E-state index contributed by atoms with van der Waals surface area (Å²) in [6.07, 6.45) is 0. The predicted octanol–water partition coefficient (Wildman–Crippen LogP) is -0.133. The van der Waals surface area contributed by atoms with Crippen LogP contribution in [0.25, 0.3) is 0 Å². The average Bonchev–Trinajstić information content (AvgIpc) is 2.34. The molecule has 4 N–H and O–H groups in total. The van der Waals surface area contributed by atoms with Crippen molar-refractivity contribution in [2.45, 2.75) is 0 Å². The molecule has 1 aliphatic rings. The molecule has 0 fully saturated rings. The molecule has 0 spiro atoms. The maximum Gasteiger partial charge on any atom is 0.501 e. The molecule has 0 aliphatic carbocycles. The van der Waals surface area contributed by atoms with Crippen LogP contribution in [0.1, 0.15) is 0 Å². The van der Waals surface area contributed by atoms with Gasteiger partial charge in [-0.15, -0.1) is 8.42 Å². The third kappa shape index (κ3) is 1.13. The number of hydrogen-bond donors (Lipinski definition) is 2. The highest BCUT2D eigenvalue weighted by molar-refractivity contribution is 7.82. The van der Waals surface area contributed by atoms with Crippen LogP contribution in [0.2, 0.25) is 0 Å². The molecule has 0 radical (unpaired) electrons. The second-order valence-corrected chi connectivity index (χ2v) is 3.62. The van der Waals surface area contributed by atoms with Crippen molar-refractivity contribution in [2.75, 3.05) is 11.5 Å². The van der Waals surface area contributed by atoms with Gasteiger partial charge in [-0.05, 0) is 12.1 Å². The molecule has 0 unspecified atom stereocenters. The lowest BCUT2D eigenvalue weighted by Gasteiger charge is -2.00. The number of hydrogen-bond acceptors (Lipinski definition) is 6. The Balaban J connectivity index is 2.65. The summed E-state index contributed by atoms with van der Waals surface area (Å²) in [6, 6.07) is 2.82. The zero-order valence-corrected chi connectivity index (χ0v) is 7.17. The predicted molar refractivity (Wildman–Crippen MR) is 45.4 cm³/mol. The van der Waals surface area contributed by atoms with Crippen LogP contribution in [0.5, 0.6) is 11.5 Å². The van der Waals surface area contributed by atoms with Crippen molar-refractivity contribution >= 4 is 21.8 Å². The first kappa shape index (κ1) is 7.99. The van der Waals surface area contributed by atoms with Crippen LogP contribution in [-0.4, -0.2) is 8.42 Å². The van der Waals surface area contributed by atoms with Crippen LogP contribution >= 0.6 is 0 Å². The van der Waals surface area contributed by atoms with Crippen LogP contribution < -0.4 is 19.8 Å². The van der Waals surface area contributed by atoms with Crippen LogP contribution in [0.3, 0.4) is 0 Å². The van der Waals surface area contributed by atoms with Crippen molar-refractivity contribution in [2.24, 2.45) is 0 Å². The van der Waals surface area contributed by atoms with Gasteiger partial charge in [0, 0.05) is 0 Å². The molecular formula is C6H6N2O4S. The Morgan fingerprint density at radius 3 is 2.54 bits per heavy atom. The molecule has 6 nitrogen and oxygen atoms in total. The highest BCUT2D eigenvalue weighted by atomic mass is 32.3. The van der Waals surface area contributed by atoms with Gasteiger partial charge >= 0.3 is 10.4 Å². The van der Waals surface area contributed by atoms with E-state index in [9.17, 15) is 8.42 Å². The van der Waals surface area contributed by atoms with E-state index >= 15 is 0 Å². The molecule has 0 aromatic heterocycles. The van der Waals surface area contributed by atoms with Crippen LogP contribution in [-0.2, 0) is 10.4 Å². The maximum atomic E-state index is 10.8. The number of fused-ring (bicyclic) bond motifs is 1. The van der Waals surface area contributed by atoms with E-state index in [0.29, 0.717) is 0 Å². The molecule has 2 rings (SSSR count). The minimum atomic E-state index is -3.98. The quantitative estimate of drug-likeness (QED) is 0.567. The lowest BCUT2D eigenvalue weighted by molar-refractivity contribution is 0.437. The number of nitrogens with two attached hydrogens (primary N) is 2. The van der Waals surface area contributed by atoms with Crippen LogP contribution in [0.15, 0.2) is 12.1 Å². The average molecular weight is 202 g/mol. The van der Waals surface area contributed by atoms with E-state index in [0.717, 1.165) is 0 Å². The molecule has 0 atom stereocenters. The number of nitrogen functional groups attached to an aromatic ring is 2. The van der Waals surface area contributed by atoms with Gasteiger partial charge in [-0.3, -0.25) is 0 Å². The number of anilines is 2. The SMILES string of the molecule is Nc1ccc2c(c1N)OS(=O)(=O)O2. The molecule has 7 heteroatoms. The Morgan fingerprint density at radius 2 is 1.85 bits per heavy atom. The fourth-order valence-electron chi connectivity index (χ4n) is 0.975. The van der Waals surface area contributed by atoms with E-state index in [1.54, 1.807) is 0 Å². The largest absolute Gasteiger partial charge is 0.501 e. The van der Waals surface area contributed by atoms with Crippen molar-refractivity contribution in [1.29, 1.82) is 0 Å². The molecule has 0 bridgehead atoms. The fraction of sp³-hybridized carbons (Fsp3) is 0. The first-order chi connectivity index (χ1) is 5.99. The van der Waals surface area contributed by atoms with Gasteiger partial charge in [-0.1, -0.05) is 0 Å². The maximum absolute atomic E-state index is 10.8. The van der Waals surface area contributed by atoms with E-state index in [-0.39, 0.29) is 22.9 Å². The smallest absolute Gasteiger partial charge is 0.397 e. The second kappa shape index (κ2) is 2.19. The molecule has 1 aromatic carbocycles. The number of rotatable bonds is 0.